The van der Waals surface area contributed by atoms with Crippen LogP contribution in [0.25, 0.3) is 0 Å². The topological polar surface area (TPSA) is 111 Å². The Labute approximate surface area is 181 Å². The lowest BCUT2D eigenvalue weighted by atomic mass is 10.3. The van der Waals surface area contributed by atoms with Gasteiger partial charge in [-0.15, -0.1) is 0 Å². The van der Waals surface area contributed by atoms with Gasteiger partial charge in [0.05, 0.1) is 31.1 Å². The van der Waals surface area contributed by atoms with Gasteiger partial charge in [-0.3, -0.25) is 9.59 Å². The zero-order chi connectivity index (χ0) is 22.1. The number of carbonyl (C=O) groups is 2. The van der Waals surface area contributed by atoms with Crippen LogP contribution in [0.5, 0.6) is 5.75 Å². The molecule has 1 amide bonds. The fourth-order valence-corrected chi connectivity index (χ4v) is 4.24. The second-order valence-electron chi connectivity index (χ2n) is 6.66. The van der Waals surface area contributed by atoms with Crippen molar-refractivity contribution in [1.82, 2.24) is 4.31 Å². The van der Waals surface area contributed by atoms with E-state index in [0.29, 0.717) is 37.7 Å². The van der Waals surface area contributed by atoms with Crippen LogP contribution in [0.1, 0.15) is 6.42 Å². The summed E-state index contributed by atoms with van der Waals surface area (Å²) in [6.07, 6.45) is 0.0102. The van der Waals surface area contributed by atoms with Gasteiger partial charge in [0, 0.05) is 18.8 Å². The van der Waals surface area contributed by atoms with Crippen LogP contribution in [0.3, 0.4) is 0 Å². The fraction of sp³-hybridized carbons (Fsp3) is 0.333. The maximum Gasteiger partial charge on any atom is 0.309 e. The molecule has 0 bridgehead atoms. The van der Waals surface area contributed by atoms with E-state index in [0.717, 1.165) is 0 Å². The Morgan fingerprint density at radius 2 is 1.68 bits per heavy atom. The molecule has 1 heterocycles. The van der Waals surface area contributed by atoms with Crippen molar-refractivity contribution in [2.75, 3.05) is 44.8 Å². The average Bonchev–Trinajstić information content (AvgIpc) is 2.79. The number of carbonyl (C=O) groups excluding carboxylic acids is 2. The normalized spacial score (nSPS) is 14.6. The lowest BCUT2D eigenvalue weighted by Crippen LogP contribution is -2.40. The summed E-state index contributed by atoms with van der Waals surface area (Å²) in [4.78, 5) is 23.9. The van der Waals surface area contributed by atoms with Gasteiger partial charge < -0.3 is 19.5 Å². The van der Waals surface area contributed by atoms with E-state index in [1.807, 2.05) is 18.2 Å². The number of hydrogen-bond acceptors (Lipinski definition) is 7. The number of anilines is 1. The van der Waals surface area contributed by atoms with Crippen LogP contribution in [-0.2, 0) is 29.1 Å². The SMILES string of the molecule is O=C(COC(=O)CCOc1ccccc1)Nc1ccc(S(=O)(=O)N2CCOCC2)cc1. The van der Waals surface area contributed by atoms with Crippen molar-refractivity contribution < 1.29 is 32.2 Å². The number of esters is 1. The molecule has 0 radical (unpaired) electrons. The Morgan fingerprint density at radius 3 is 2.35 bits per heavy atom. The number of sulfonamides is 1. The fourth-order valence-electron chi connectivity index (χ4n) is 2.83. The van der Waals surface area contributed by atoms with Crippen LogP contribution in [0.2, 0.25) is 0 Å². The standard InChI is InChI=1S/C21H24N2O7S/c24-20(16-30-21(25)10-13-29-18-4-2-1-3-5-18)22-17-6-8-19(9-7-17)31(26,27)23-11-14-28-15-12-23/h1-9H,10-16H2,(H,22,24). The molecule has 2 aromatic carbocycles. The van der Waals surface area contributed by atoms with Crippen LogP contribution in [-0.4, -0.2) is 64.1 Å². The van der Waals surface area contributed by atoms with E-state index in [9.17, 15) is 18.0 Å². The van der Waals surface area contributed by atoms with E-state index in [-0.39, 0.29) is 17.9 Å². The van der Waals surface area contributed by atoms with Gasteiger partial charge in [0.1, 0.15) is 5.75 Å². The molecule has 1 fully saturated rings. The Balaban J connectivity index is 1.41. The maximum atomic E-state index is 12.6. The molecule has 0 spiro atoms. The van der Waals surface area contributed by atoms with E-state index in [2.05, 4.69) is 5.32 Å². The minimum Gasteiger partial charge on any atom is -0.493 e. The summed E-state index contributed by atoms with van der Waals surface area (Å²) in [5, 5.41) is 2.56. The first-order valence-electron chi connectivity index (χ1n) is 9.76. The third kappa shape index (κ3) is 6.78. The van der Waals surface area contributed by atoms with Crippen LogP contribution in [0.4, 0.5) is 5.69 Å². The zero-order valence-electron chi connectivity index (χ0n) is 16.9. The van der Waals surface area contributed by atoms with Gasteiger partial charge >= 0.3 is 5.97 Å². The van der Waals surface area contributed by atoms with Gasteiger partial charge in [-0.1, -0.05) is 18.2 Å². The first-order chi connectivity index (χ1) is 14.9. The molecule has 2 aromatic rings. The summed E-state index contributed by atoms with van der Waals surface area (Å²) in [6.45, 7) is 1.04. The van der Waals surface area contributed by atoms with E-state index >= 15 is 0 Å². The molecule has 0 atom stereocenters. The molecule has 1 aliphatic rings. The second kappa shape index (κ2) is 10.9. The molecule has 0 aliphatic carbocycles. The Morgan fingerprint density at radius 1 is 1.00 bits per heavy atom. The lowest BCUT2D eigenvalue weighted by Gasteiger charge is -2.26. The van der Waals surface area contributed by atoms with Gasteiger partial charge in [-0.05, 0) is 36.4 Å². The van der Waals surface area contributed by atoms with Crippen LogP contribution >= 0.6 is 0 Å². The van der Waals surface area contributed by atoms with Crippen molar-refractivity contribution in [2.24, 2.45) is 0 Å². The largest absolute Gasteiger partial charge is 0.493 e. The molecule has 0 saturated carbocycles. The van der Waals surface area contributed by atoms with Crippen molar-refractivity contribution in [2.45, 2.75) is 11.3 Å². The number of ether oxygens (including phenoxy) is 3. The molecule has 9 nitrogen and oxygen atoms in total. The number of nitrogens with zero attached hydrogens (tertiary/aromatic N) is 1. The maximum absolute atomic E-state index is 12.6. The summed E-state index contributed by atoms with van der Waals surface area (Å²) in [5.74, 6) is -0.439. The Kier molecular flexibility index (Phi) is 7.99. The number of morpholine rings is 1. The highest BCUT2D eigenvalue weighted by Gasteiger charge is 2.26. The molecule has 3 rings (SSSR count). The minimum atomic E-state index is -3.60. The minimum absolute atomic E-state index is 0.0102. The average molecular weight is 448 g/mol. The molecule has 10 heteroatoms. The molecule has 1 N–H and O–H groups in total. The van der Waals surface area contributed by atoms with Crippen LogP contribution in [0, 0.1) is 0 Å². The van der Waals surface area contributed by atoms with Gasteiger partial charge in [0.2, 0.25) is 10.0 Å². The molecule has 31 heavy (non-hydrogen) atoms. The smallest absolute Gasteiger partial charge is 0.309 e. The molecular weight excluding hydrogens is 424 g/mol. The van der Waals surface area contributed by atoms with E-state index < -0.39 is 28.5 Å². The molecule has 1 saturated heterocycles. The second-order valence-corrected chi connectivity index (χ2v) is 8.60. The number of nitrogens with one attached hydrogen (secondary N) is 1. The van der Waals surface area contributed by atoms with Crippen LogP contribution < -0.4 is 10.1 Å². The monoisotopic (exact) mass is 448 g/mol. The van der Waals surface area contributed by atoms with Gasteiger partial charge in [-0.2, -0.15) is 4.31 Å². The highest BCUT2D eigenvalue weighted by atomic mass is 32.2. The van der Waals surface area contributed by atoms with Crippen molar-refractivity contribution in [3.63, 3.8) is 0 Å². The van der Waals surface area contributed by atoms with E-state index in [4.69, 9.17) is 14.2 Å². The number of para-hydroxylation sites is 1. The third-order valence-electron chi connectivity index (χ3n) is 4.43. The summed E-state index contributed by atoms with van der Waals surface area (Å²) in [7, 11) is -3.60. The molecule has 166 valence electrons. The Hall–Kier alpha value is -2.95. The zero-order valence-corrected chi connectivity index (χ0v) is 17.7. The Bertz CT molecular complexity index is 973. The quantitative estimate of drug-likeness (QED) is 0.581. The van der Waals surface area contributed by atoms with Crippen LogP contribution in [0.15, 0.2) is 59.5 Å². The lowest BCUT2D eigenvalue weighted by molar-refractivity contribution is -0.147. The van der Waals surface area contributed by atoms with Crippen molar-refractivity contribution in [1.29, 1.82) is 0 Å². The van der Waals surface area contributed by atoms with Gasteiger partial charge in [0.15, 0.2) is 6.61 Å². The molecular formula is C21H24N2O7S. The number of hydrogen-bond donors (Lipinski definition) is 1. The summed E-state index contributed by atoms with van der Waals surface area (Å²) < 4.78 is 42.1. The third-order valence-corrected chi connectivity index (χ3v) is 6.34. The number of rotatable bonds is 9. The van der Waals surface area contributed by atoms with Crippen molar-refractivity contribution in [3.8, 4) is 5.75 Å². The predicted octanol–water partition coefficient (Wildman–Crippen LogP) is 1.66. The molecule has 1 aliphatic heterocycles. The van der Waals surface area contributed by atoms with E-state index in [1.165, 1.54) is 28.6 Å². The number of benzene rings is 2. The summed E-state index contributed by atoms with van der Waals surface area (Å²) in [6, 6.07) is 14.9. The summed E-state index contributed by atoms with van der Waals surface area (Å²) in [5.41, 5.74) is 0.398. The van der Waals surface area contributed by atoms with Crippen molar-refractivity contribution >= 4 is 27.6 Å². The first kappa shape index (κ1) is 22.7. The molecule has 0 aromatic heterocycles. The number of amides is 1. The summed E-state index contributed by atoms with van der Waals surface area (Å²) >= 11 is 0. The highest BCUT2D eigenvalue weighted by molar-refractivity contribution is 7.89. The van der Waals surface area contributed by atoms with E-state index in [1.54, 1.807) is 12.1 Å². The van der Waals surface area contributed by atoms with Crippen molar-refractivity contribution in [3.05, 3.63) is 54.6 Å². The van der Waals surface area contributed by atoms with Gasteiger partial charge in [-0.25, -0.2) is 8.42 Å². The first-order valence-corrected chi connectivity index (χ1v) is 11.2. The highest BCUT2D eigenvalue weighted by Crippen LogP contribution is 2.19. The van der Waals surface area contributed by atoms with Gasteiger partial charge in [0.25, 0.3) is 5.91 Å². The molecule has 0 unspecified atom stereocenters. The predicted molar refractivity (Wildman–Crippen MR) is 112 cm³/mol.